The Balaban J connectivity index is 2.18. The zero-order chi connectivity index (χ0) is 15.5. The Hall–Kier alpha value is -1.83. The SMILES string of the molecule is Cc1cc(C(=O)N2CCCC(C)(O)C2)ccc1C#CCN. The molecule has 4 heteroatoms. The second-order valence-electron chi connectivity index (χ2n) is 5.86. The van der Waals surface area contributed by atoms with Gasteiger partial charge in [-0.2, -0.15) is 0 Å². The van der Waals surface area contributed by atoms with E-state index in [-0.39, 0.29) is 5.91 Å². The summed E-state index contributed by atoms with van der Waals surface area (Å²) >= 11 is 0. The first-order valence-electron chi connectivity index (χ1n) is 7.24. The molecule has 1 amide bonds. The predicted molar refractivity (Wildman–Crippen MR) is 82.9 cm³/mol. The summed E-state index contributed by atoms with van der Waals surface area (Å²) in [5.74, 6) is 5.78. The average molecular weight is 286 g/mol. The highest BCUT2D eigenvalue weighted by molar-refractivity contribution is 5.94. The van der Waals surface area contributed by atoms with Gasteiger partial charge in [-0.25, -0.2) is 0 Å². The van der Waals surface area contributed by atoms with Crippen LogP contribution in [0.2, 0.25) is 0 Å². The van der Waals surface area contributed by atoms with Crippen LogP contribution in [0, 0.1) is 18.8 Å². The predicted octanol–water partition coefficient (Wildman–Crippen LogP) is 1.29. The van der Waals surface area contributed by atoms with Gasteiger partial charge >= 0.3 is 0 Å². The number of rotatable bonds is 1. The lowest BCUT2D eigenvalue weighted by Crippen LogP contribution is -2.48. The van der Waals surface area contributed by atoms with Gasteiger partial charge < -0.3 is 15.7 Å². The minimum absolute atomic E-state index is 0.0311. The summed E-state index contributed by atoms with van der Waals surface area (Å²) in [5, 5.41) is 10.1. The molecule has 1 atom stereocenters. The average Bonchev–Trinajstić information content (AvgIpc) is 2.44. The molecule has 1 saturated heterocycles. The number of piperidine rings is 1. The lowest BCUT2D eigenvalue weighted by Gasteiger charge is -2.36. The number of carbonyl (C=O) groups is 1. The zero-order valence-corrected chi connectivity index (χ0v) is 12.6. The summed E-state index contributed by atoms with van der Waals surface area (Å²) in [7, 11) is 0. The van der Waals surface area contributed by atoms with E-state index in [1.54, 1.807) is 17.9 Å². The molecule has 1 unspecified atom stereocenters. The molecule has 0 spiro atoms. The monoisotopic (exact) mass is 286 g/mol. The van der Waals surface area contributed by atoms with Gasteiger partial charge in [0.05, 0.1) is 12.1 Å². The van der Waals surface area contributed by atoms with E-state index in [9.17, 15) is 9.90 Å². The maximum atomic E-state index is 12.5. The lowest BCUT2D eigenvalue weighted by molar-refractivity contribution is -0.0107. The Morgan fingerprint density at radius 2 is 2.29 bits per heavy atom. The molecule has 112 valence electrons. The molecule has 3 N–H and O–H groups in total. The van der Waals surface area contributed by atoms with Crippen LogP contribution >= 0.6 is 0 Å². The van der Waals surface area contributed by atoms with Crippen LogP contribution < -0.4 is 5.73 Å². The van der Waals surface area contributed by atoms with Crippen molar-refractivity contribution in [3.05, 3.63) is 34.9 Å². The van der Waals surface area contributed by atoms with Crippen LogP contribution in [0.4, 0.5) is 0 Å². The van der Waals surface area contributed by atoms with Gasteiger partial charge in [0, 0.05) is 24.2 Å². The Kier molecular flexibility index (Phi) is 4.66. The van der Waals surface area contributed by atoms with Crippen molar-refractivity contribution in [1.82, 2.24) is 4.90 Å². The summed E-state index contributed by atoms with van der Waals surface area (Å²) < 4.78 is 0. The van der Waals surface area contributed by atoms with Crippen molar-refractivity contribution in [2.45, 2.75) is 32.3 Å². The second kappa shape index (κ2) is 6.30. The number of nitrogens with two attached hydrogens (primary N) is 1. The molecule has 0 bridgehead atoms. The van der Waals surface area contributed by atoms with E-state index in [0.29, 0.717) is 25.2 Å². The van der Waals surface area contributed by atoms with Crippen molar-refractivity contribution in [1.29, 1.82) is 0 Å². The van der Waals surface area contributed by atoms with E-state index >= 15 is 0 Å². The van der Waals surface area contributed by atoms with Crippen molar-refractivity contribution in [2.24, 2.45) is 5.73 Å². The highest BCUT2D eigenvalue weighted by Gasteiger charge is 2.31. The summed E-state index contributed by atoms with van der Waals surface area (Å²) in [6.07, 6.45) is 1.57. The third-order valence-electron chi connectivity index (χ3n) is 3.76. The molecule has 1 fully saturated rings. The summed E-state index contributed by atoms with van der Waals surface area (Å²) in [5.41, 5.74) is 7.08. The van der Waals surface area contributed by atoms with E-state index in [1.165, 1.54) is 0 Å². The van der Waals surface area contributed by atoms with Crippen LogP contribution in [0.1, 0.15) is 41.3 Å². The lowest BCUT2D eigenvalue weighted by atomic mass is 9.94. The number of carbonyl (C=O) groups excluding carboxylic acids is 1. The fourth-order valence-corrected chi connectivity index (χ4v) is 2.66. The fraction of sp³-hybridized carbons (Fsp3) is 0.471. The summed E-state index contributed by atoms with van der Waals surface area (Å²) in [6.45, 7) is 5.12. The van der Waals surface area contributed by atoms with E-state index in [0.717, 1.165) is 24.0 Å². The first-order valence-corrected chi connectivity index (χ1v) is 7.24. The van der Waals surface area contributed by atoms with Crippen LogP contribution in [-0.2, 0) is 0 Å². The number of nitrogens with zero attached hydrogens (tertiary/aromatic N) is 1. The van der Waals surface area contributed by atoms with E-state index in [2.05, 4.69) is 11.8 Å². The van der Waals surface area contributed by atoms with Gasteiger partial charge in [0.1, 0.15) is 0 Å². The van der Waals surface area contributed by atoms with Crippen LogP contribution in [0.25, 0.3) is 0 Å². The van der Waals surface area contributed by atoms with Crippen LogP contribution in [0.5, 0.6) is 0 Å². The number of β-amino-alcohol motifs (C(OH)–C–C–N with tert-alkyl or cyclic N) is 1. The van der Waals surface area contributed by atoms with Gasteiger partial charge in [-0.05, 0) is 50.5 Å². The molecular weight excluding hydrogens is 264 g/mol. The molecule has 0 saturated carbocycles. The Labute approximate surface area is 125 Å². The molecule has 0 aromatic heterocycles. The topological polar surface area (TPSA) is 66.6 Å². The molecule has 0 aliphatic carbocycles. The van der Waals surface area contributed by atoms with Crippen LogP contribution in [0.15, 0.2) is 18.2 Å². The van der Waals surface area contributed by atoms with Gasteiger partial charge in [0.25, 0.3) is 5.91 Å². The first kappa shape index (κ1) is 15.6. The third kappa shape index (κ3) is 3.84. The van der Waals surface area contributed by atoms with Crippen molar-refractivity contribution in [3.63, 3.8) is 0 Å². The second-order valence-corrected chi connectivity index (χ2v) is 5.86. The fourth-order valence-electron chi connectivity index (χ4n) is 2.66. The third-order valence-corrected chi connectivity index (χ3v) is 3.76. The van der Waals surface area contributed by atoms with Gasteiger partial charge in [-0.1, -0.05) is 11.8 Å². The molecule has 1 aromatic rings. The number of aryl methyl sites for hydroxylation is 1. The minimum Gasteiger partial charge on any atom is -0.388 e. The van der Waals surface area contributed by atoms with Gasteiger partial charge in [0.2, 0.25) is 0 Å². The highest BCUT2D eigenvalue weighted by Crippen LogP contribution is 2.22. The van der Waals surface area contributed by atoms with E-state index < -0.39 is 5.60 Å². The van der Waals surface area contributed by atoms with Gasteiger partial charge in [0.15, 0.2) is 0 Å². The molecule has 0 radical (unpaired) electrons. The van der Waals surface area contributed by atoms with Crippen molar-refractivity contribution in [3.8, 4) is 11.8 Å². The minimum atomic E-state index is -0.782. The van der Waals surface area contributed by atoms with Crippen molar-refractivity contribution in [2.75, 3.05) is 19.6 Å². The molecule has 1 aliphatic rings. The summed E-state index contributed by atoms with van der Waals surface area (Å²) in [4.78, 5) is 14.2. The standard InChI is InChI=1S/C17H22N2O2/c1-13-11-15(7-6-14(13)5-3-9-18)16(20)19-10-4-8-17(2,21)12-19/h6-7,11,21H,4,8-10,12,18H2,1-2H3. The Bertz CT molecular complexity index is 597. The Morgan fingerprint density at radius 3 is 2.90 bits per heavy atom. The van der Waals surface area contributed by atoms with Gasteiger partial charge in [-0.3, -0.25) is 4.79 Å². The van der Waals surface area contributed by atoms with Gasteiger partial charge in [-0.15, -0.1) is 0 Å². The molecule has 21 heavy (non-hydrogen) atoms. The van der Waals surface area contributed by atoms with E-state index in [1.807, 2.05) is 19.1 Å². The Morgan fingerprint density at radius 1 is 1.52 bits per heavy atom. The largest absolute Gasteiger partial charge is 0.388 e. The van der Waals surface area contributed by atoms with Crippen LogP contribution in [-0.4, -0.2) is 41.1 Å². The van der Waals surface area contributed by atoms with Crippen molar-refractivity contribution >= 4 is 5.91 Å². The maximum Gasteiger partial charge on any atom is 0.253 e. The van der Waals surface area contributed by atoms with Crippen molar-refractivity contribution < 1.29 is 9.90 Å². The molecule has 1 aliphatic heterocycles. The van der Waals surface area contributed by atoms with Crippen LogP contribution in [0.3, 0.4) is 0 Å². The zero-order valence-electron chi connectivity index (χ0n) is 12.6. The molecular formula is C17H22N2O2. The maximum absolute atomic E-state index is 12.5. The molecule has 4 nitrogen and oxygen atoms in total. The highest BCUT2D eigenvalue weighted by atomic mass is 16.3. The number of likely N-dealkylation sites (tertiary alicyclic amines) is 1. The molecule has 1 aromatic carbocycles. The smallest absolute Gasteiger partial charge is 0.253 e. The number of hydrogen-bond acceptors (Lipinski definition) is 3. The summed E-state index contributed by atoms with van der Waals surface area (Å²) in [6, 6.07) is 5.50. The quantitative estimate of drug-likeness (QED) is 0.765. The number of hydrogen-bond donors (Lipinski definition) is 2. The normalized spacial score (nSPS) is 21.6. The first-order chi connectivity index (χ1) is 9.93. The number of amides is 1. The number of aliphatic hydroxyl groups is 1. The molecule has 1 heterocycles. The number of benzene rings is 1. The molecule has 2 rings (SSSR count). The van der Waals surface area contributed by atoms with E-state index in [4.69, 9.17) is 5.73 Å².